The van der Waals surface area contributed by atoms with Gasteiger partial charge in [0.25, 0.3) is 10.0 Å². The first-order valence-electron chi connectivity index (χ1n) is 6.70. The fourth-order valence-corrected chi connectivity index (χ4v) is 3.14. The van der Waals surface area contributed by atoms with Gasteiger partial charge in [0.15, 0.2) is 0 Å². The largest absolute Gasteiger partial charge is 0.313 e. The summed E-state index contributed by atoms with van der Waals surface area (Å²) in [6, 6.07) is 6.93. The van der Waals surface area contributed by atoms with Gasteiger partial charge in [-0.3, -0.25) is 4.72 Å². The van der Waals surface area contributed by atoms with Gasteiger partial charge in [0.05, 0.1) is 23.0 Å². The van der Waals surface area contributed by atoms with Crippen molar-refractivity contribution >= 4 is 15.7 Å². The molecule has 6 nitrogen and oxygen atoms in total. The Labute approximate surface area is 124 Å². The highest BCUT2D eigenvalue weighted by atomic mass is 32.2. The van der Waals surface area contributed by atoms with E-state index in [-0.39, 0.29) is 4.90 Å². The highest BCUT2D eigenvalue weighted by Crippen LogP contribution is 2.18. The fraction of sp³-hybridized carbons (Fsp3) is 0.286. The van der Waals surface area contributed by atoms with E-state index < -0.39 is 10.0 Å². The maximum absolute atomic E-state index is 12.5. The van der Waals surface area contributed by atoms with Crippen LogP contribution in [0.5, 0.6) is 0 Å². The van der Waals surface area contributed by atoms with Gasteiger partial charge in [0, 0.05) is 6.54 Å². The molecule has 0 aliphatic rings. The molecule has 0 aliphatic heterocycles. The van der Waals surface area contributed by atoms with Crippen LogP contribution in [-0.2, 0) is 16.6 Å². The number of hydrogen-bond acceptors (Lipinski definition) is 5. The van der Waals surface area contributed by atoms with Crippen LogP contribution in [0.4, 0.5) is 5.69 Å². The topological polar surface area (TPSA) is 84.0 Å². The van der Waals surface area contributed by atoms with Gasteiger partial charge in [0.1, 0.15) is 6.33 Å². The molecule has 0 bridgehead atoms. The number of nitrogens with zero attached hydrogens (tertiary/aromatic N) is 2. The van der Waals surface area contributed by atoms with E-state index in [0.717, 1.165) is 18.5 Å². The van der Waals surface area contributed by atoms with E-state index in [1.54, 1.807) is 18.2 Å². The molecule has 1 aromatic carbocycles. The Balaban J connectivity index is 2.23. The number of aromatic nitrogens is 2. The first-order chi connectivity index (χ1) is 10.1. The van der Waals surface area contributed by atoms with Gasteiger partial charge in [-0.15, -0.1) is 0 Å². The molecule has 7 heteroatoms. The fourth-order valence-electron chi connectivity index (χ4n) is 1.87. The molecular weight excluding hydrogens is 288 g/mol. The van der Waals surface area contributed by atoms with Gasteiger partial charge in [0.2, 0.25) is 0 Å². The van der Waals surface area contributed by atoms with E-state index in [1.807, 2.05) is 6.07 Å². The molecule has 0 radical (unpaired) electrons. The minimum Gasteiger partial charge on any atom is -0.313 e. The average molecular weight is 306 g/mol. The molecule has 0 amide bonds. The van der Waals surface area contributed by atoms with Gasteiger partial charge < -0.3 is 5.32 Å². The second-order valence-electron chi connectivity index (χ2n) is 4.52. The van der Waals surface area contributed by atoms with Crippen LogP contribution in [0, 0.1) is 0 Å². The third-order valence-electron chi connectivity index (χ3n) is 2.82. The Morgan fingerprint density at radius 3 is 2.57 bits per heavy atom. The molecule has 0 atom stereocenters. The normalized spacial score (nSPS) is 11.3. The van der Waals surface area contributed by atoms with Gasteiger partial charge in [-0.1, -0.05) is 25.1 Å². The summed E-state index contributed by atoms with van der Waals surface area (Å²) in [5.41, 5.74) is 1.07. The van der Waals surface area contributed by atoms with Crippen LogP contribution in [0.2, 0.25) is 0 Å². The van der Waals surface area contributed by atoms with Crippen molar-refractivity contribution in [3.8, 4) is 0 Å². The Morgan fingerprint density at radius 1 is 1.14 bits per heavy atom. The van der Waals surface area contributed by atoms with Crippen molar-refractivity contribution in [2.45, 2.75) is 24.8 Å². The molecule has 1 heterocycles. The minimum absolute atomic E-state index is 0.262. The highest BCUT2D eigenvalue weighted by molar-refractivity contribution is 7.92. The third kappa shape index (κ3) is 4.24. The van der Waals surface area contributed by atoms with E-state index in [2.05, 4.69) is 26.9 Å². The van der Waals surface area contributed by atoms with Crippen molar-refractivity contribution in [1.82, 2.24) is 15.3 Å². The number of hydrogen-bond donors (Lipinski definition) is 2. The Bertz CT molecular complexity index is 674. The van der Waals surface area contributed by atoms with Crippen LogP contribution < -0.4 is 10.0 Å². The summed E-state index contributed by atoms with van der Waals surface area (Å²) in [6.07, 6.45) is 5.18. The van der Waals surface area contributed by atoms with Crippen LogP contribution in [0.15, 0.2) is 47.9 Å². The van der Waals surface area contributed by atoms with Crippen molar-refractivity contribution in [2.75, 3.05) is 11.3 Å². The number of nitrogens with one attached hydrogen (secondary N) is 2. The molecule has 2 aromatic rings. The van der Waals surface area contributed by atoms with E-state index in [4.69, 9.17) is 0 Å². The standard InChI is InChI=1S/C14H18N4O2S/c1-2-7-15-8-12-5-3-4-6-14(12)21(19,20)18-13-9-16-11-17-10-13/h3-6,9-11,15,18H,2,7-8H2,1H3. The summed E-state index contributed by atoms with van der Waals surface area (Å²) >= 11 is 0. The summed E-state index contributed by atoms with van der Waals surface area (Å²) < 4.78 is 27.4. The van der Waals surface area contributed by atoms with Crippen molar-refractivity contribution in [3.05, 3.63) is 48.5 Å². The molecule has 0 aliphatic carbocycles. The first-order valence-corrected chi connectivity index (χ1v) is 8.18. The maximum Gasteiger partial charge on any atom is 0.262 e. The summed E-state index contributed by atoms with van der Waals surface area (Å²) in [5, 5.41) is 3.21. The number of rotatable bonds is 7. The summed E-state index contributed by atoms with van der Waals surface area (Å²) in [7, 11) is -3.65. The van der Waals surface area contributed by atoms with Crippen LogP contribution in [0.1, 0.15) is 18.9 Å². The number of anilines is 1. The van der Waals surface area contributed by atoms with Crippen LogP contribution in [0.25, 0.3) is 0 Å². The first kappa shape index (κ1) is 15.4. The molecule has 0 spiro atoms. The second kappa shape index (κ2) is 7.14. The Morgan fingerprint density at radius 2 is 1.86 bits per heavy atom. The van der Waals surface area contributed by atoms with Gasteiger partial charge >= 0.3 is 0 Å². The lowest BCUT2D eigenvalue weighted by Gasteiger charge is -2.12. The Hall–Kier alpha value is -1.99. The zero-order valence-electron chi connectivity index (χ0n) is 11.8. The molecule has 0 saturated heterocycles. The predicted molar refractivity (Wildman–Crippen MR) is 81.3 cm³/mol. The van der Waals surface area contributed by atoms with Gasteiger partial charge in [-0.05, 0) is 24.6 Å². The number of sulfonamides is 1. The van der Waals surface area contributed by atoms with E-state index in [1.165, 1.54) is 18.7 Å². The van der Waals surface area contributed by atoms with Gasteiger partial charge in [-0.25, -0.2) is 18.4 Å². The summed E-state index contributed by atoms with van der Waals surface area (Å²) in [4.78, 5) is 7.85. The lowest BCUT2D eigenvalue weighted by atomic mass is 10.2. The molecular formula is C14H18N4O2S. The van der Waals surface area contributed by atoms with Crippen LogP contribution in [-0.4, -0.2) is 24.9 Å². The molecule has 1 aromatic heterocycles. The average Bonchev–Trinajstić information content (AvgIpc) is 2.48. The predicted octanol–water partition coefficient (Wildman–Crippen LogP) is 1.78. The summed E-state index contributed by atoms with van der Waals surface area (Å²) in [5.74, 6) is 0. The lowest BCUT2D eigenvalue weighted by Crippen LogP contribution is -2.19. The molecule has 2 N–H and O–H groups in total. The Kier molecular flexibility index (Phi) is 5.24. The van der Waals surface area contributed by atoms with E-state index in [9.17, 15) is 8.42 Å². The van der Waals surface area contributed by atoms with Crippen LogP contribution in [0.3, 0.4) is 0 Å². The zero-order chi connectivity index (χ0) is 15.1. The SMILES string of the molecule is CCCNCc1ccccc1S(=O)(=O)Nc1cncnc1. The van der Waals surface area contributed by atoms with Crippen molar-refractivity contribution in [3.63, 3.8) is 0 Å². The van der Waals surface area contributed by atoms with E-state index >= 15 is 0 Å². The molecule has 0 fully saturated rings. The highest BCUT2D eigenvalue weighted by Gasteiger charge is 2.18. The van der Waals surface area contributed by atoms with Gasteiger partial charge in [-0.2, -0.15) is 0 Å². The van der Waals surface area contributed by atoms with Crippen molar-refractivity contribution in [1.29, 1.82) is 0 Å². The molecule has 0 saturated carbocycles. The van der Waals surface area contributed by atoms with E-state index in [0.29, 0.717) is 12.2 Å². The molecule has 112 valence electrons. The van der Waals surface area contributed by atoms with Crippen molar-refractivity contribution < 1.29 is 8.42 Å². The van der Waals surface area contributed by atoms with Crippen molar-refractivity contribution in [2.24, 2.45) is 0 Å². The minimum atomic E-state index is -3.65. The number of benzene rings is 1. The second-order valence-corrected chi connectivity index (χ2v) is 6.17. The molecule has 0 unspecified atom stereocenters. The quantitative estimate of drug-likeness (QED) is 0.762. The lowest BCUT2D eigenvalue weighted by molar-refractivity contribution is 0.597. The zero-order valence-corrected chi connectivity index (χ0v) is 12.6. The molecule has 21 heavy (non-hydrogen) atoms. The monoisotopic (exact) mass is 306 g/mol. The third-order valence-corrected chi connectivity index (χ3v) is 4.30. The van der Waals surface area contributed by atoms with Crippen LogP contribution >= 0.6 is 0 Å². The smallest absolute Gasteiger partial charge is 0.262 e. The molecule has 2 rings (SSSR count). The summed E-state index contributed by atoms with van der Waals surface area (Å²) in [6.45, 7) is 3.41. The maximum atomic E-state index is 12.5.